The third-order valence-electron chi connectivity index (χ3n) is 2.34. The molecule has 0 amide bonds. The van der Waals surface area contributed by atoms with E-state index in [0.29, 0.717) is 37.7 Å². The highest BCUT2D eigenvalue weighted by molar-refractivity contribution is 6.31. The number of ether oxygens (including phenoxy) is 2. The monoisotopic (exact) mass is 259 g/mol. The van der Waals surface area contributed by atoms with Gasteiger partial charge in [0.15, 0.2) is 0 Å². The van der Waals surface area contributed by atoms with E-state index in [4.69, 9.17) is 21.1 Å². The van der Waals surface area contributed by atoms with Gasteiger partial charge in [0.25, 0.3) is 0 Å². The molecule has 96 valence electrons. The first-order chi connectivity index (χ1) is 8.24. The topological polar surface area (TPSA) is 51.6 Å². The molecule has 0 saturated carbocycles. The largest absolute Gasteiger partial charge is 0.393 e. The Hall–Kier alpha value is -0.680. The average molecular weight is 260 g/mol. The molecule has 0 aliphatic carbocycles. The lowest BCUT2D eigenvalue weighted by Crippen LogP contribution is -2.15. The summed E-state index contributed by atoms with van der Waals surface area (Å²) in [6.45, 7) is 1.65. The van der Waals surface area contributed by atoms with Crippen LogP contribution in [0.4, 0.5) is 0 Å². The highest BCUT2D eigenvalue weighted by atomic mass is 35.5. The zero-order valence-electron chi connectivity index (χ0n) is 9.93. The van der Waals surface area contributed by atoms with E-state index in [1.165, 1.54) is 0 Å². The van der Waals surface area contributed by atoms with Crippen molar-refractivity contribution in [1.29, 1.82) is 0 Å². The second-order valence-corrected chi connectivity index (χ2v) is 4.13. The third-order valence-corrected chi connectivity index (χ3v) is 2.68. The molecule has 1 unspecified atom stereocenters. The molecule has 0 aliphatic heterocycles. The molecule has 1 heterocycles. The molecule has 1 aromatic rings. The van der Waals surface area contributed by atoms with E-state index >= 15 is 0 Å². The van der Waals surface area contributed by atoms with Crippen LogP contribution in [0.15, 0.2) is 18.5 Å². The van der Waals surface area contributed by atoms with Crippen LogP contribution in [0, 0.1) is 0 Å². The number of hydrogen-bond acceptors (Lipinski definition) is 4. The van der Waals surface area contributed by atoms with Gasteiger partial charge in [0.2, 0.25) is 0 Å². The number of aliphatic hydroxyl groups is 1. The van der Waals surface area contributed by atoms with Crippen LogP contribution < -0.4 is 0 Å². The van der Waals surface area contributed by atoms with Crippen molar-refractivity contribution in [3.8, 4) is 0 Å². The van der Waals surface area contributed by atoms with Gasteiger partial charge in [0.1, 0.15) is 0 Å². The van der Waals surface area contributed by atoms with Crippen LogP contribution in [-0.2, 0) is 15.9 Å². The van der Waals surface area contributed by atoms with Crippen molar-refractivity contribution >= 4 is 11.6 Å². The fourth-order valence-electron chi connectivity index (χ4n) is 1.39. The van der Waals surface area contributed by atoms with Crippen molar-refractivity contribution in [3.63, 3.8) is 0 Å². The zero-order valence-corrected chi connectivity index (χ0v) is 10.7. The Morgan fingerprint density at radius 3 is 2.94 bits per heavy atom. The number of aliphatic hydroxyl groups excluding tert-OH is 1. The number of hydrogen-bond donors (Lipinski definition) is 1. The van der Waals surface area contributed by atoms with Gasteiger partial charge in [-0.05, 0) is 18.1 Å². The zero-order chi connectivity index (χ0) is 12.5. The van der Waals surface area contributed by atoms with Gasteiger partial charge in [0, 0.05) is 32.5 Å². The molecule has 0 fully saturated rings. The molecule has 1 atom stereocenters. The van der Waals surface area contributed by atoms with Gasteiger partial charge in [-0.2, -0.15) is 0 Å². The van der Waals surface area contributed by atoms with E-state index in [2.05, 4.69) is 4.98 Å². The van der Waals surface area contributed by atoms with Crippen LogP contribution in [0.25, 0.3) is 0 Å². The molecule has 0 saturated heterocycles. The average Bonchev–Trinajstić information content (AvgIpc) is 2.32. The van der Waals surface area contributed by atoms with Crippen LogP contribution in [0.3, 0.4) is 0 Å². The molecular weight excluding hydrogens is 242 g/mol. The summed E-state index contributed by atoms with van der Waals surface area (Å²) in [7, 11) is 1.63. The van der Waals surface area contributed by atoms with Gasteiger partial charge in [-0.1, -0.05) is 11.6 Å². The summed E-state index contributed by atoms with van der Waals surface area (Å²) in [5, 5.41) is 10.4. The van der Waals surface area contributed by atoms with Crippen LogP contribution in [0.1, 0.15) is 12.0 Å². The summed E-state index contributed by atoms with van der Waals surface area (Å²) in [6.07, 6.45) is 3.91. The Morgan fingerprint density at radius 2 is 2.24 bits per heavy atom. The van der Waals surface area contributed by atoms with Gasteiger partial charge in [-0.3, -0.25) is 4.98 Å². The highest BCUT2D eigenvalue weighted by Crippen LogP contribution is 2.16. The van der Waals surface area contributed by atoms with Gasteiger partial charge in [-0.25, -0.2) is 0 Å². The SMILES string of the molecule is COCCOCCC(O)Cc1ccncc1Cl. The van der Waals surface area contributed by atoms with E-state index in [0.717, 1.165) is 5.56 Å². The standard InChI is InChI=1S/C12H18ClNO3/c1-16-6-7-17-5-3-11(15)8-10-2-4-14-9-12(10)13/h2,4,9,11,15H,3,5-8H2,1H3. The van der Waals surface area contributed by atoms with Crippen molar-refractivity contribution in [1.82, 2.24) is 4.98 Å². The predicted octanol–water partition coefficient (Wildman–Crippen LogP) is 1.69. The summed E-state index contributed by atoms with van der Waals surface area (Å²) in [4.78, 5) is 3.90. The molecule has 5 heteroatoms. The Balaban J connectivity index is 2.21. The second kappa shape index (κ2) is 8.42. The van der Waals surface area contributed by atoms with Crippen molar-refractivity contribution in [2.75, 3.05) is 26.9 Å². The van der Waals surface area contributed by atoms with Crippen molar-refractivity contribution in [3.05, 3.63) is 29.0 Å². The van der Waals surface area contributed by atoms with Crippen molar-refractivity contribution < 1.29 is 14.6 Å². The number of pyridine rings is 1. The summed E-state index contributed by atoms with van der Waals surface area (Å²) in [6, 6.07) is 1.82. The predicted molar refractivity (Wildman–Crippen MR) is 66.3 cm³/mol. The molecule has 1 N–H and O–H groups in total. The van der Waals surface area contributed by atoms with Crippen LogP contribution in [0.2, 0.25) is 5.02 Å². The van der Waals surface area contributed by atoms with Crippen LogP contribution in [0.5, 0.6) is 0 Å². The molecular formula is C12H18ClNO3. The van der Waals surface area contributed by atoms with E-state index in [1.807, 2.05) is 6.07 Å². The first-order valence-electron chi connectivity index (χ1n) is 5.57. The van der Waals surface area contributed by atoms with Gasteiger partial charge < -0.3 is 14.6 Å². The molecule has 1 rings (SSSR count). The van der Waals surface area contributed by atoms with E-state index in [9.17, 15) is 5.11 Å². The van der Waals surface area contributed by atoms with E-state index in [1.54, 1.807) is 19.5 Å². The van der Waals surface area contributed by atoms with Crippen LogP contribution >= 0.6 is 11.6 Å². The van der Waals surface area contributed by atoms with Gasteiger partial charge in [0.05, 0.1) is 24.3 Å². The molecule has 0 spiro atoms. The summed E-state index contributed by atoms with van der Waals surface area (Å²) >= 11 is 5.95. The molecule has 17 heavy (non-hydrogen) atoms. The highest BCUT2D eigenvalue weighted by Gasteiger charge is 2.08. The number of methoxy groups -OCH3 is 1. The number of aromatic nitrogens is 1. The maximum atomic E-state index is 9.79. The maximum absolute atomic E-state index is 9.79. The van der Waals surface area contributed by atoms with Crippen molar-refractivity contribution in [2.45, 2.75) is 18.9 Å². The summed E-state index contributed by atoms with van der Waals surface area (Å²) in [5.74, 6) is 0. The smallest absolute Gasteiger partial charge is 0.0700 e. The Labute approximate surface area is 107 Å². The lowest BCUT2D eigenvalue weighted by molar-refractivity contribution is 0.0479. The first-order valence-corrected chi connectivity index (χ1v) is 5.95. The van der Waals surface area contributed by atoms with Crippen molar-refractivity contribution in [2.24, 2.45) is 0 Å². The van der Waals surface area contributed by atoms with Gasteiger partial charge in [-0.15, -0.1) is 0 Å². The van der Waals surface area contributed by atoms with E-state index < -0.39 is 6.10 Å². The maximum Gasteiger partial charge on any atom is 0.0700 e. The Kier molecular flexibility index (Phi) is 7.12. The molecule has 0 aromatic carbocycles. The number of rotatable bonds is 8. The normalized spacial score (nSPS) is 12.6. The summed E-state index contributed by atoms with van der Waals surface area (Å²) in [5.41, 5.74) is 0.908. The number of nitrogens with zero attached hydrogens (tertiary/aromatic N) is 1. The van der Waals surface area contributed by atoms with Crippen LogP contribution in [-0.4, -0.2) is 43.1 Å². The molecule has 0 aliphatic rings. The lowest BCUT2D eigenvalue weighted by Gasteiger charge is -2.11. The second-order valence-electron chi connectivity index (χ2n) is 3.72. The van der Waals surface area contributed by atoms with E-state index in [-0.39, 0.29) is 0 Å². The minimum Gasteiger partial charge on any atom is -0.393 e. The summed E-state index contributed by atoms with van der Waals surface area (Å²) < 4.78 is 10.1. The quantitative estimate of drug-likeness (QED) is 0.722. The Morgan fingerprint density at radius 1 is 1.41 bits per heavy atom. The third kappa shape index (κ3) is 5.98. The first kappa shape index (κ1) is 14.4. The molecule has 4 nitrogen and oxygen atoms in total. The fourth-order valence-corrected chi connectivity index (χ4v) is 1.59. The fraction of sp³-hybridized carbons (Fsp3) is 0.583. The minimum atomic E-state index is -0.447. The van der Waals surface area contributed by atoms with Gasteiger partial charge >= 0.3 is 0 Å². The molecule has 1 aromatic heterocycles. The minimum absolute atomic E-state index is 0.447. The Bertz CT molecular complexity index is 322. The molecule has 0 bridgehead atoms. The molecule has 0 radical (unpaired) electrons. The lowest BCUT2D eigenvalue weighted by atomic mass is 10.1. The number of halogens is 1.